The van der Waals surface area contributed by atoms with E-state index in [4.69, 9.17) is 26.8 Å². The lowest BCUT2D eigenvalue weighted by atomic mass is 9.94. The molecule has 0 spiro atoms. The van der Waals surface area contributed by atoms with Crippen molar-refractivity contribution in [3.63, 3.8) is 0 Å². The van der Waals surface area contributed by atoms with Gasteiger partial charge in [0, 0.05) is 16.6 Å². The molecular formula is C13H18ClNO2. The van der Waals surface area contributed by atoms with Crippen LogP contribution < -0.4 is 5.73 Å². The summed E-state index contributed by atoms with van der Waals surface area (Å²) in [5, 5.41) is 0.699. The normalized spacial score (nSPS) is 20.5. The summed E-state index contributed by atoms with van der Waals surface area (Å²) >= 11 is 6.13. The Morgan fingerprint density at radius 2 is 1.88 bits per heavy atom. The number of ether oxygens (including phenoxy) is 2. The largest absolute Gasteiger partial charge is 0.399 e. The van der Waals surface area contributed by atoms with Gasteiger partial charge in [0.15, 0.2) is 5.79 Å². The minimum atomic E-state index is -0.492. The van der Waals surface area contributed by atoms with Crippen molar-refractivity contribution in [3.8, 4) is 0 Å². The predicted molar refractivity (Wildman–Crippen MR) is 69.3 cm³/mol. The van der Waals surface area contributed by atoms with Gasteiger partial charge in [-0.1, -0.05) is 11.6 Å². The van der Waals surface area contributed by atoms with Crippen LogP contribution in [0, 0.1) is 6.92 Å². The third-order valence-electron chi connectivity index (χ3n) is 3.11. The highest BCUT2D eigenvalue weighted by Gasteiger charge is 2.30. The van der Waals surface area contributed by atoms with Crippen molar-refractivity contribution < 1.29 is 9.47 Å². The first-order chi connectivity index (χ1) is 7.89. The number of hydrogen-bond donors (Lipinski definition) is 1. The minimum Gasteiger partial charge on any atom is -0.399 e. The Morgan fingerprint density at radius 3 is 2.47 bits per heavy atom. The van der Waals surface area contributed by atoms with Gasteiger partial charge < -0.3 is 15.2 Å². The second-order valence-electron chi connectivity index (χ2n) is 4.94. The smallest absolute Gasteiger partial charge is 0.162 e. The average molecular weight is 256 g/mol. The molecule has 0 unspecified atom stereocenters. The van der Waals surface area contributed by atoms with Crippen molar-refractivity contribution in [2.24, 2.45) is 0 Å². The lowest BCUT2D eigenvalue weighted by Gasteiger charge is -2.35. The maximum Gasteiger partial charge on any atom is 0.162 e. The molecule has 2 rings (SSSR count). The van der Waals surface area contributed by atoms with Crippen LogP contribution in [-0.2, 0) is 9.47 Å². The number of nitrogens with two attached hydrogens (primary N) is 1. The lowest BCUT2D eigenvalue weighted by Crippen LogP contribution is -2.38. The van der Waals surface area contributed by atoms with Crippen molar-refractivity contribution in [1.29, 1.82) is 0 Å². The summed E-state index contributed by atoms with van der Waals surface area (Å²) in [5.41, 5.74) is 8.67. The molecular weight excluding hydrogens is 238 g/mol. The van der Waals surface area contributed by atoms with Gasteiger partial charge >= 0.3 is 0 Å². The molecule has 0 aromatic heterocycles. The lowest BCUT2D eigenvalue weighted by molar-refractivity contribution is -0.251. The van der Waals surface area contributed by atoms with Crippen molar-refractivity contribution in [2.45, 2.75) is 32.5 Å². The Hall–Kier alpha value is -0.770. The van der Waals surface area contributed by atoms with Gasteiger partial charge in [0.05, 0.1) is 13.2 Å². The summed E-state index contributed by atoms with van der Waals surface area (Å²) in [5.74, 6) is -0.293. The molecule has 1 saturated heterocycles. The zero-order valence-corrected chi connectivity index (χ0v) is 11.2. The fourth-order valence-electron chi connectivity index (χ4n) is 2.02. The third kappa shape index (κ3) is 2.73. The Labute approximate surface area is 107 Å². The van der Waals surface area contributed by atoms with Crippen LogP contribution in [0.3, 0.4) is 0 Å². The van der Waals surface area contributed by atoms with E-state index in [-0.39, 0.29) is 5.92 Å². The van der Waals surface area contributed by atoms with Gasteiger partial charge in [-0.05, 0) is 44.0 Å². The SMILES string of the molecule is Cc1c(Cl)cc(N)cc1C1COC(C)(C)OC1. The molecule has 1 aliphatic rings. The fourth-order valence-corrected chi connectivity index (χ4v) is 2.25. The summed E-state index contributed by atoms with van der Waals surface area (Å²) in [6.45, 7) is 7.10. The minimum absolute atomic E-state index is 0.198. The van der Waals surface area contributed by atoms with Gasteiger partial charge in [-0.15, -0.1) is 0 Å². The van der Waals surface area contributed by atoms with Gasteiger partial charge in [0.1, 0.15) is 0 Å². The molecule has 0 saturated carbocycles. The van der Waals surface area contributed by atoms with Crippen molar-refractivity contribution in [3.05, 3.63) is 28.3 Å². The molecule has 0 bridgehead atoms. The molecule has 1 aliphatic heterocycles. The highest BCUT2D eigenvalue weighted by Crippen LogP contribution is 2.33. The monoisotopic (exact) mass is 255 g/mol. The van der Waals surface area contributed by atoms with Gasteiger partial charge in [0.2, 0.25) is 0 Å². The molecule has 1 aromatic rings. The summed E-state index contributed by atoms with van der Waals surface area (Å²) in [6.07, 6.45) is 0. The van der Waals surface area contributed by atoms with Crippen LogP contribution in [-0.4, -0.2) is 19.0 Å². The zero-order chi connectivity index (χ0) is 12.6. The van der Waals surface area contributed by atoms with E-state index >= 15 is 0 Å². The van der Waals surface area contributed by atoms with Gasteiger partial charge in [-0.2, -0.15) is 0 Å². The van der Waals surface area contributed by atoms with E-state index in [2.05, 4.69) is 0 Å². The first-order valence-corrected chi connectivity index (χ1v) is 6.10. The third-order valence-corrected chi connectivity index (χ3v) is 3.50. The van der Waals surface area contributed by atoms with Crippen LogP contribution in [0.4, 0.5) is 5.69 Å². The summed E-state index contributed by atoms with van der Waals surface area (Å²) in [4.78, 5) is 0. The van der Waals surface area contributed by atoms with Crippen LogP contribution in [0.15, 0.2) is 12.1 Å². The molecule has 3 nitrogen and oxygen atoms in total. The van der Waals surface area contributed by atoms with Gasteiger partial charge in [-0.25, -0.2) is 0 Å². The van der Waals surface area contributed by atoms with Crippen LogP contribution in [0.1, 0.15) is 30.9 Å². The average Bonchev–Trinajstić information content (AvgIpc) is 2.24. The van der Waals surface area contributed by atoms with Crippen molar-refractivity contribution in [1.82, 2.24) is 0 Å². The number of rotatable bonds is 1. The Bertz CT molecular complexity index is 422. The van der Waals surface area contributed by atoms with E-state index in [9.17, 15) is 0 Å². The predicted octanol–water partition coefficient (Wildman–Crippen LogP) is 3.10. The van der Waals surface area contributed by atoms with Crippen LogP contribution in [0.2, 0.25) is 5.02 Å². The van der Waals surface area contributed by atoms with Crippen LogP contribution in [0.5, 0.6) is 0 Å². The van der Waals surface area contributed by atoms with Crippen LogP contribution in [0.25, 0.3) is 0 Å². The van der Waals surface area contributed by atoms with Crippen LogP contribution >= 0.6 is 11.6 Å². The molecule has 0 amide bonds. The molecule has 1 fully saturated rings. The quantitative estimate of drug-likeness (QED) is 0.785. The first kappa shape index (κ1) is 12.7. The number of benzene rings is 1. The molecule has 94 valence electrons. The maximum atomic E-state index is 6.13. The van der Waals surface area contributed by atoms with Gasteiger partial charge in [-0.3, -0.25) is 0 Å². The van der Waals surface area contributed by atoms with Crippen molar-refractivity contribution in [2.75, 3.05) is 18.9 Å². The fraction of sp³-hybridized carbons (Fsp3) is 0.538. The van der Waals surface area contributed by atoms with E-state index in [1.54, 1.807) is 6.07 Å². The van der Waals surface area contributed by atoms with Gasteiger partial charge in [0.25, 0.3) is 0 Å². The Kier molecular flexibility index (Phi) is 3.34. The molecule has 4 heteroatoms. The second-order valence-corrected chi connectivity index (χ2v) is 5.34. The first-order valence-electron chi connectivity index (χ1n) is 5.72. The molecule has 1 aromatic carbocycles. The van der Waals surface area contributed by atoms with E-state index in [0.717, 1.165) is 11.1 Å². The maximum absolute atomic E-state index is 6.13. The molecule has 0 aliphatic carbocycles. The molecule has 1 heterocycles. The molecule has 0 radical (unpaired) electrons. The Morgan fingerprint density at radius 1 is 1.29 bits per heavy atom. The molecule has 0 atom stereocenters. The highest BCUT2D eigenvalue weighted by atomic mass is 35.5. The summed E-state index contributed by atoms with van der Waals surface area (Å²) in [6, 6.07) is 3.73. The molecule has 17 heavy (non-hydrogen) atoms. The van der Waals surface area contributed by atoms with E-state index in [1.165, 1.54) is 0 Å². The van der Waals surface area contributed by atoms with Crippen molar-refractivity contribution >= 4 is 17.3 Å². The van der Waals surface area contributed by atoms with E-state index in [1.807, 2.05) is 26.8 Å². The van der Waals surface area contributed by atoms with E-state index < -0.39 is 5.79 Å². The standard InChI is InChI=1S/C13H18ClNO2/c1-8-11(4-10(15)5-12(8)14)9-6-16-13(2,3)17-7-9/h4-5,9H,6-7,15H2,1-3H3. The second kappa shape index (κ2) is 4.48. The summed E-state index contributed by atoms with van der Waals surface area (Å²) < 4.78 is 11.3. The Balaban J connectivity index is 2.24. The number of anilines is 1. The zero-order valence-electron chi connectivity index (χ0n) is 10.4. The molecule has 2 N–H and O–H groups in total. The highest BCUT2D eigenvalue weighted by molar-refractivity contribution is 6.31. The number of hydrogen-bond acceptors (Lipinski definition) is 3. The summed E-state index contributed by atoms with van der Waals surface area (Å²) in [7, 11) is 0. The number of nitrogen functional groups attached to an aromatic ring is 1. The topological polar surface area (TPSA) is 44.5 Å². The van der Waals surface area contributed by atoms with E-state index in [0.29, 0.717) is 23.9 Å². The number of halogens is 1.